The van der Waals surface area contributed by atoms with Crippen LogP contribution >= 0.6 is 0 Å². The Morgan fingerprint density at radius 3 is 2.20 bits per heavy atom. The molecule has 0 aliphatic heterocycles. The van der Waals surface area contributed by atoms with Crippen molar-refractivity contribution in [2.45, 2.75) is 0 Å². The van der Waals surface area contributed by atoms with Gasteiger partial charge in [0.25, 0.3) is 0 Å². The van der Waals surface area contributed by atoms with E-state index in [1.807, 2.05) is 0 Å². The molecule has 80 valence electrons. The summed E-state index contributed by atoms with van der Waals surface area (Å²) in [5.74, 6) is -0.998. The summed E-state index contributed by atoms with van der Waals surface area (Å²) in [5, 5.41) is 8.66. The van der Waals surface area contributed by atoms with Gasteiger partial charge >= 0.3 is 12.1 Å². The number of nitrogens with zero attached hydrogens (tertiary/aromatic N) is 1. The number of aromatic carboxylic acids is 1. The van der Waals surface area contributed by atoms with E-state index in [9.17, 15) is 9.59 Å². The van der Waals surface area contributed by atoms with Crippen LogP contribution in [0.15, 0.2) is 24.3 Å². The lowest BCUT2D eigenvalue weighted by molar-refractivity contribution is 0.0697. The number of carboxylic acids is 1. The van der Waals surface area contributed by atoms with Crippen molar-refractivity contribution in [3.63, 3.8) is 0 Å². The molecule has 1 rings (SSSR count). The molecule has 5 heteroatoms. The van der Waals surface area contributed by atoms with Crippen LogP contribution in [0.5, 0.6) is 0 Å². The van der Waals surface area contributed by atoms with Crippen LogP contribution < -0.4 is 4.90 Å². The SMILES string of the molecule is COC(=O)N(C)c1ccc(C(=O)O)cc1. The zero-order valence-corrected chi connectivity index (χ0v) is 8.43. The van der Waals surface area contributed by atoms with Crippen molar-refractivity contribution < 1.29 is 19.4 Å². The number of amides is 1. The standard InChI is InChI=1S/C10H11NO4/c1-11(10(14)15-2)8-5-3-7(4-6-8)9(12)13/h3-6H,1-2H3,(H,12,13). The number of carbonyl (C=O) groups excluding carboxylic acids is 1. The Kier molecular flexibility index (Phi) is 3.28. The molecule has 0 aliphatic carbocycles. The average molecular weight is 209 g/mol. The first-order chi connectivity index (χ1) is 7.06. The third kappa shape index (κ3) is 2.46. The molecular formula is C10H11NO4. The average Bonchev–Trinajstić information content (AvgIpc) is 2.27. The molecule has 1 aromatic carbocycles. The van der Waals surface area contributed by atoms with Gasteiger partial charge in [0.2, 0.25) is 0 Å². The largest absolute Gasteiger partial charge is 0.478 e. The van der Waals surface area contributed by atoms with Crippen molar-refractivity contribution in [3.8, 4) is 0 Å². The van der Waals surface area contributed by atoms with E-state index in [1.54, 1.807) is 19.2 Å². The lowest BCUT2D eigenvalue weighted by Crippen LogP contribution is -2.25. The second kappa shape index (κ2) is 4.45. The highest BCUT2D eigenvalue weighted by atomic mass is 16.5. The normalized spacial score (nSPS) is 9.47. The summed E-state index contributed by atoms with van der Waals surface area (Å²) in [6.45, 7) is 0. The van der Waals surface area contributed by atoms with Crippen LogP contribution in [-0.2, 0) is 4.74 Å². The molecule has 0 atom stereocenters. The van der Waals surface area contributed by atoms with E-state index in [1.165, 1.54) is 24.1 Å². The Morgan fingerprint density at radius 2 is 1.80 bits per heavy atom. The Balaban J connectivity index is 2.89. The third-order valence-electron chi connectivity index (χ3n) is 1.95. The maximum absolute atomic E-state index is 11.1. The first-order valence-corrected chi connectivity index (χ1v) is 4.21. The summed E-state index contributed by atoms with van der Waals surface area (Å²) in [5.41, 5.74) is 0.754. The highest BCUT2D eigenvalue weighted by Gasteiger charge is 2.10. The summed E-state index contributed by atoms with van der Waals surface area (Å²) in [7, 11) is 2.83. The van der Waals surface area contributed by atoms with Gasteiger partial charge in [-0.2, -0.15) is 0 Å². The molecule has 0 saturated carbocycles. The van der Waals surface area contributed by atoms with E-state index >= 15 is 0 Å². The molecule has 0 heterocycles. The van der Waals surface area contributed by atoms with Gasteiger partial charge < -0.3 is 9.84 Å². The van der Waals surface area contributed by atoms with Crippen LogP contribution in [0.4, 0.5) is 10.5 Å². The summed E-state index contributed by atoms with van der Waals surface area (Å²) >= 11 is 0. The van der Waals surface area contributed by atoms with E-state index in [4.69, 9.17) is 5.11 Å². The van der Waals surface area contributed by atoms with Gasteiger partial charge in [-0.25, -0.2) is 9.59 Å². The molecule has 15 heavy (non-hydrogen) atoms. The van der Waals surface area contributed by atoms with Gasteiger partial charge in [0, 0.05) is 12.7 Å². The number of carboxylic acid groups (broad SMARTS) is 1. The quantitative estimate of drug-likeness (QED) is 0.803. The molecule has 0 unspecified atom stereocenters. The molecule has 0 aliphatic rings. The van der Waals surface area contributed by atoms with Gasteiger partial charge in [-0.15, -0.1) is 0 Å². The van der Waals surface area contributed by atoms with E-state index in [-0.39, 0.29) is 5.56 Å². The summed E-state index contributed by atoms with van der Waals surface area (Å²) in [6.07, 6.45) is -0.502. The zero-order valence-electron chi connectivity index (χ0n) is 8.43. The number of carbonyl (C=O) groups is 2. The molecule has 0 aromatic heterocycles. The number of methoxy groups -OCH3 is 1. The molecule has 0 bridgehead atoms. The van der Waals surface area contributed by atoms with E-state index in [0.717, 1.165) is 0 Å². The van der Waals surface area contributed by atoms with E-state index in [2.05, 4.69) is 4.74 Å². The molecule has 0 saturated heterocycles. The molecule has 0 spiro atoms. The van der Waals surface area contributed by atoms with E-state index < -0.39 is 12.1 Å². The maximum Gasteiger partial charge on any atom is 0.413 e. The molecule has 5 nitrogen and oxygen atoms in total. The second-order valence-corrected chi connectivity index (χ2v) is 2.88. The van der Waals surface area contributed by atoms with Crippen molar-refractivity contribution in [3.05, 3.63) is 29.8 Å². The minimum absolute atomic E-state index is 0.178. The van der Waals surface area contributed by atoms with Crippen LogP contribution in [0.25, 0.3) is 0 Å². The Morgan fingerprint density at radius 1 is 1.27 bits per heavy atom. The first-order valence-electron chi connectivity index (χ1n) is 4.21. The molecule has 0 radical (unpaired) electrons. The van der Waals surface area contributed by atoms with Gasteiger partial charge in [0.1, 0.15) is 0 Å². The van der Waals surface area contributed by atoms with Crippen molar-refractivity contribution in [1.82, 2.24) is 0 Å². The van der Waals surface area contributed by atoms with Gasteiger partial charge in [-0.3, -0.25) is 4.90 Å². The van der Waals surface area contributed by atoms with Gasteiger partial charge in [-0.05, 0) is 24.3 Å². The van der Waals surface area contributed by atoms with Crippen LogP contribution in [-0.4, -0.2) is 31.3 Å². The molecule has 1 aromatic rings. The fourth-order valence-corrected chi connectivity index (χ4v) is 1.07. The zero-order chi connectivity index (χ0) is 11.4. The lowest BCUT2D eigenvalue weighted by atomic mass is 10.2. The first kappa shape index (κ1) is 11.0. The number of hydrogen-bond donors (Lipinski definition) is 1. The monoisotopic (exact) mass is 209 g/mol. The fourth-order valence-electron chi connectivity index (χ4n) is 1.07. The third-order valence-corrected chi connectivity index (χ3v) is 1.95. The Bertz CT molecular complexity index is 372. The van der Waals surface area contributed by atoms with Crippen molar-refractivity contribution >= 4 is 17.7 Å². The van der Waals surface area contributed by atoms with E-state index in [0.29, 0.717) is 5.69 Å². The fraction of sp³-hybridized carbons (Fsp3) is 0.200. The molecule has 1 N–H and O–H groups in total. The van der Waals surface area contributed by atoms with Crippen molar-refractivity contribution in [2.75, 3.05) is 19.1 Å². The van der Waals surface area contributed by atoms with Crippen LogP contribution in [0.2, 0.25) is 0 Å². The van der Waals surface area contributed by atoms with Gasteiger partial charge in [0.15, 0.2) is 0 Å². The van der Waals surface area contributed by atoms with Crippen molar-refractivity contribution in [2.24, 2.45) is 0 Å². The Labute approximate surface area is 86.9 Å². The predicted octanol–water partition coefficient (Wildman–Crippen LogP) is 1.59. The number of anilines is 1. The minimum Gasteiger partial charge on any atom is -0.478 e. The van der Waals surface area contributed by atoms with Crippen LogP contribution in [0, 0.1) is 0 Å². The topological polar surface area (TPSA) is 66.8 Å². The van der Waals surface area contributed by atoms with Crippen LogP contribution in [0.3, 0.4) is 0 Å². The number of rotatable bonds is 2. The van der Waals surface area contributed by atoms with Crippen LogP contribution in [0.1, 0.15) is 10.4 Å². The Hall–Kier alpha value is -2.04. The summed E-state index contributed by atoms with van der Waals surface area (Å²) < 4.78 is 4.51. The minimum atomic E-state index is -0.998. The second-order valence-electron chi connectivity index (χ2n) is 2.88. The highest BCUT2D eigenvalue weighted by molar-refractivity contribution is 5.90. The lowest BCUT2D eigenvalue weighted by Gasteiger charge is -2.15. The molecule has 0 fully saturated rings. The number of hydrogen-bond acceptors (Lipinski definition) is 3. The predicted molar refractivity (Wildman–Crippen MR) is 54.2 cm³/mol. The number of benzene rings is 1. The molecule has 1 amide bonds. The van der Waals surface area contributed by atoms with Gasteiger partial charge in [0.05, 0.1) is 12.7 Å². The number of ether oxygens (including phenoxy) is 1. The van der Waals surface area contributed by atoms with Gasteiger partial charge in [-0.1, -0.05) is 0 Å². The maximum atomic E-state index is 11.1. The van der Waals surface area contributed by atoms with Crippen molar-refractivity contribution in [1.29, 1.82) is 0 Å². The summed E-state index contributed by atoms with van der Waals surface area (Å²) in [4.78, 5) is 23.0. The summed E-state index contributed by atoms with van der Waals surface area (Å²) in [6, 6.07) is 5.94. The highest BCUT2D eigenvalue weighted by Crippen LogP contribution is 2.14. The molecular weight excluding hydrogens is 198 g/mol. The smallest absolute Gasteiger partial charge is 0.413 e.